The van der Waals surface area contributed by atoms with Gasteiger partial charge in [-0.05, 0) is 49.3 Å². The first-order chi connectivity index (χ1) is 10.6. The van der Waals surface area contributed by atoms with E-state index >= 15 is 0 Å². The van der Waals surface area contributed by atoms with Crippen LogP contribution in [0, 0.1) is 0 Å². The summed E-state index contributed by atoms with van der Waals surface area (Å²) in [7, 11) is -3.41. The second-order valence-electron chi connectivity index (χ2n) is 6.54. The van der Waals surface area contributed by atoms with Gasteiger partial charge in [-0.15, -0.1) is 0 Å². The zero-order valence-corrected chi connectivity index (χ0v) is 13.8. The van der Waals surface area contributed by atoms with E-state index in [0.717, 1.165) is 0 Å². The SMILES string of the molecule is O=S(=O)(c1ccc(C2CCCCC2)cc1)N1CCC(O)CC1. The van der Waals surface area contributed by atoms with Crippen molar-refractivity contribution < 1.29 is 13.5 Å². The largest absolute Gasteiger partial charge is 0.393 e. The van der Waals surface area contributed by atoms with Crippen molar-refractivity contribution in [1.29, 1.82) is 0 Å². The zero-order valence-electron chi connectivity index (χ0n) is 12.9. The number of piperidine rings is 1. The van der Waals surface area contributed by atoms with Gasteiger partial charge < -0.3 is 5.11 Å². The zero-order chi connectivity index (χ0) is 15.6. The maximum Gasteiger partial charge on any atom is 0.243 e. The van der Waals surface area contributed by atoms with Gasteiger partial charge in [-0.2, -0.15) is 4.31 Å². The molecular formula is C17H25NO3S. The molecule has 1 N–H and O–H groups in total. The van der Waals surface area contributed by atoms with Crippen molar-refractivity contribution in [3.63, 3.8) is 0 Å². The van der Waals surface area contributed by atoms with E-state index in [1.54, 1.807) is 12.1 Å². The topological polar surface area (TPSA) is 57.6 Å². The van der Waals surface area contributed by atoms with E-state index in [1.165, 1.54) is 42.0 Å². The first kappa shape index (κ1) is 16.0. The molecule has 0 amide bonds. The molecule has 1 saturated carbocycles. The molecule has 1 aliphatic carbocycles. The Balaban J connectivity index is 1.74. The average molecular weight is 323 g/mol. The highest BCUT2D eigenvalue weighted by Crippen LogP contribution is 2.33. The first-order valence-electron chi connectivity index (χ1n) is 8.35. The molecule has 0 unspecified atom stereocenters. The highest BCUT2D eigenvalue weighted by atomic mass is 32.2. The van der Waals surface area contributed by atoms with Crippen molar-refractivity contribution in [2.75, 3.05) is 13.1 Å². The van der Waals surface area contributed by atoms with Gasteiger partial charge in [-0.3, -0.25) is 0 Å². The molecular weight excluding hydrogens is 298 g/mol. The number of aliphatic hydroxyl groups excluding tert-OH is 1. The molecule has 1 aromatic rings. The molecule has 2 aliphatic rings. The van der Waals surface area contributed by atoms with Crippen LogP contribution in [0.3, 0.4) is 0 Å². The third kappa shape index (κ3) is 3.36. The number of hydrogen-bond acceptors (Lipinski definition) is 3. The van der Waals surface area contributed by atoms with Crippen LogP contribution in [0.15, 0.2) is 29.2 Å². The molecule has 122 valence electrons. The Labute approximate surface area is 133 Å². The normalized spacial score (nSPS) is 22.8. The Hall–Kier alpha value is -0.910. The highest BCUT2D eigenvalue weighted by molar-refractivity contribution is 7.89. The number of hydrogen-bond donors (Lipinski definition) is 1. The molecule has 1 aromatic carbocycles. The average Bonchev–Trinajstić information content (AvgIpc) is 2.56. The van der Waals surface area contributed by atoms with Crippen LogP contribution in [-0.2, 0) is 10.0 Å². The van der Waals surface area contributed by atoms with E-state index in [9.17, 15) is 13.5 Å². The van der Waals surface area contributed by atoms with Crippen LogP contribution in [0.25, 0.3) is 0 Å². The summed E-state index contributed by atoms with van der Waals surface area (Å²) in [5, 5.41) is 9.52. The van der Waals surface area contributed by atoms with E-state index in [2.05, 4.69) is 0 Å². The number of benzene rings is 1. The summed E-state index contributed by atoms with van der Waals surface area (Å²) < 4.78 is 26.7. The molecule has 0 spiro atoms. The summed E-state index contributed by atoms with van der Waals surface area (Å²) in [6.07, 6.45) is 7.01. The minimum Gasteiger partial charge on any atom is -0.393 e. The first-order valence-corrected chi connectivity index (χ1v) is 9.79. The van der Waals surface area contributed by atoms with Gasteiger partial charge >= 0.3 is 0 Å². The van der Waals surface area contributed by atoms with Crippen molar-refractivity contribution in [3.05, 3.63) is 29.8 Å². The molecule has 0 aromatic heterocycles. The molecule has 1 heterocycles. The summed E-state index contributed by atoms with van der Waals surface area (Å²) in [5.74, 6) is 0.593. The summed E-state index contributed by atoms with van der Waals surface area (Å²) in [6.45, 7) is 0.821. The quantitative estimate of drug-likeness (QED) is 0.930. The molecule has 1 aliphatic heterocycles. The third-order valence-corrected chi connectivity index (χ3v) is 6.93. The molecule has 0 radical (unpaired) electrons. The van der Waals surface area contributed by atoms with Gasteiger partial charge in [0.05, 0.1) is 11.0 Å². The van der Waals surface area contributed by atoms with Crippen molar-refractivity contribution in [1.82, 2.24) is 4.31 Å². The minimum absolute atomic E-state index is 0.361. The fourth-order valence-corrected chi connectivity index (χ4v) is 5.05. The lowest BCUT2D eigenvalue weighted by molar-refractivity contribution is 0.113. The van der Waals surface area contributed by atoms with Gasteiger partial charge in [0.2, 0.25) is 10.0 Å². The Morgan fingerprint density at radius 2 is 1.50 bits per heavy atom. The van der Waals surface area contributed by atoms with E-state index in [0.29, 0.717) is 36.7 Å². The van der Waals surface area contributed by atoms with Crippen LogP contribution in [0.4, 0.5) is 0 Å². The fraction of sp³-hybridized carbons (Fsp3) is 0.647. The summed E-state index contributed by atoms with van der Waals surface area (Å²) in [6, 6.07) is 7.48. The molecule has 1 saturated heterocycles. The van der Waals surface area contributed by atoms with E-state index < -0.39 is 10.0 Å². The van der Waals surface area contributed by atoms with Crippen molar-refractivity contribution in [2.45, 2.75) is 61.9 Å². The Kier molecular flexibility index (Phi) is 4.85. The number of rotatable bonds is 3. The Bertz CT molecular complexity index is 583. The predicted octanol–water partition coefficient (Wildman–Crippen LogP) is 2.88. The van der Waals surface area contributed by atoms with Crippen molar-refractivity contribution in [3.8, 4) is 0 Å². The monoisotopic (exact) mass is 323 g/mol. The predicted molar refractivity (Wildman–Crippen MR) is 86.3 cm³/mol. The summed E-state index contributed by atoms with van der Waals surface area (Å²) >= 11 is 0. The van der Waals surface area contributed by atoms with Crippen LogP contribution in [0.5, 0.6) is 0 Å². The lowest BCUT2D eigenvalue weighted by Crippen LogP contribution is -2.39. The molecule has 3 rings (SSSR count). The third-order valence-electron chi connectivity index (χ3n) is 5.02. The molecule has 0 bridgehead atoms. The number of sulfonamides is 1. The Morgan fingerprint density at radius 1 is 0.909 bits per heavy atom. The molecule has 5 heteroatoms. The summed E-state index contributed by atoms with van der Waals surface area (Å²) in [5.41, 5.74) is 1.27. The molecule has 22 heavy (non-hydrogen) atoms. The summed E-state index contributed by atoms with van der Waals surface area (Å²) in [4.78, 5) is 0.378. The van der Waals surface area contributed by atoms with E-state index in [-0.39, 0.29) is 6.10 Å². The molecule has 0 atom stereocenters. The van der Waals surface area contributed by atoms with E-state index in [1.807, 2.05) is 12.1 Å². The maximum absolute atomic E-state index is 12.6. The highest BCUT2D eigenvalue weighted by Gasteiger charge is 2.28. The van der Waals surface area contributed by atoms with Gasteiger partial charge in [0.15, 0.2) is 0 Å². The second kappa shape index (κ2) is 6.69. The number of nitrogens with zero attached hydrogens (tertiary/aromatic N) is 1. The molecule has 2 fully saturated rings. The number of aliphatic hydroxyl groups is 1. The Morgan fingerprint density at radius 3 is 2.09 bits per heavy atom. The fourth-order valence-electron chi connectivity index (χ4n) is 3.58. The van der Waals surface area contributed by atoms with Crippen LogP contribution in [0.2, 0.25) is 0 Å². The standard InChI is InChI=1S/C17H25NO3S/c19-16-10-12-18(13-11-16)22(20,21)17-8-6-15(7-9-17)14-4-2-1-3-5-14/h6-9,14,16,19H,1-5,10-13H2. The maximum atomic E-state index is 12.6. The lowest BCUT2D eigenvalue weighted by atomic mass is 9.84. The van der Waals surface area contributed by atoms with Crippen LogP contribution >= 0.6 is 0 Å². The van der Waals surface area contributed by atoms with E-state index in [4.69, 9.17) is 0 Å². The lowest BCUT2D eigenvalue weighted by Gasteiger charge is -2.29. The van der Waals surface area contributed by atoms with Gasteiger partial charge in [0, 0.05) is 13.1 Å². The van der Waals surface area contributed by atoms with Crippen LogP contribution in [0.1, 0.15) is 56.4 Å². The van der Waals surface area contributed by atoms with Crippen LogP contribution in [-0.4, -0.2) is 37.0 Å². The molecule has 4 nitrogen and oxygen atoms in total. The second-order valence-corrected chi connectivity index (χ2v) is 8.48. The smallest absolute Gasteiger partial charge is 0.243 e. The van der Waals surface area contributed by atoms with Gasteiger partial charge in [-0.1, -0.05) is 31.4 Å². The van der Waals surface area contributed by atoms with Crippen molar-refractivity contribution >= 4 is 10.0 Å². The van der Waals surface area contributed by atoms with Gasteiger partial charge in [-0.25, -0.2) is 8.42 Å². The minimum atomic E-state index is -3.41. The van der Waals surface area contributed by atoms with Gasteiger partial charge in [0.1, 0.15) is 0 Å². The van der Waals surface area contributed by atoms with Crippen molar-refractivity contribution in [2.24, 2.45) is 0 Å². The van der Waals surface area contributed by atoms with Gasteiger partial charge in [0.25, 0.3) is 0 Å². The van der Waals surface area contributed by atoms with Crippen LogP contribution < -0.4 is 0 Å².